The highest BCUT2D eigenvalue weighted by atomic mass is 79.9. The second-order valence-corrected chi connectivity index (χ2v) is 9.93. The lowest BCUT2D eigenvalue weighted by molar-refractivity contribution is 0.00642. The van der Waals surface area contributed by atoms with Crippen LogP contribution in [-0.2, 0) is 11.2 Å². The Bertz CT molecular complexity index is 702. The maximum absolute atomic E-state index is 13.5. The van der Waals surface area contributed by atoms with Gasteiger partial charge in [-0.2, -0.15) is 0 Å². The Balaban J connectivity index is 1.25. The van der Waals surface area contributed by atoms with Crippen LogP contribution in [0.1, 0.15) is 50.5 Å². The van der Waals surface area contributed by atoms with Gasteiger partial charge in [-0.15, -0.1) is 0 Å². The number of benzene rings is 1. The zero-order valence-electron chi connectivity index (χ0n) is 17.1. The molecule has 29 heavy (non-hydrogen) atoms. The van der Waals surface area contributed by atoms with Crippen molar-refractivity contribution in [1.82, 2.24) is 9.80 Å². The lowest BCUT2D eigenvalue weighted by atomic mass is 9.89. The van der Waals surface area contributed by atoms with Gasteiger partial charge in [0.05, 0.1) is 6.61 Å². The molecule has 3 fully saturated rings. The third-order valence-electron chi connectivity index (χ3n) is 6.89. The van der Waals surface area contributed by atoms with Gasteiger partial charge in [-0.05, 0) is 74.9 Å². The van der Waals surface area contributed by atoms with E-state index in [1.54, 1.807) is 6.07 Å². The molecule has 0 N–H and O–H groups in total. The van der Waals surface area contributed by atoms with E-state index in [0.29, 0.717) is 24.5 Å². The third kappa shape index (κ3) is 5.52. The first-order chi connectivity index (χ1) is 14.1. The van der Waals surface area contributed by atoms with E-state index in [4.69, 9.17) is 4.74 Å². The van der Waals surface area contributed by atoms with Gasteiger partial charge in [0.25, 0.3) is 0 Å². The van der Waals surface area contributed by atoms with Crippen molar-refractivity contribution >= 4 is 22.0 Å². The van der Waals surface area contributed by atoms with E-state index in [1.807, 2.05) is 11.0 Å². The number of nitrogens with zero attached hydrogens (tertiary/aromatic N) is 2. The lowest BCUT2D eigenvalue weighted by Crippen LogP contribution is -2.52. The van der Waals surface area contributed by atoms with E-state index in [-0.39, 0.29) is 11.9 Å². The van der Waals surface area contributed by atoms with Crippen LogP contribution in [0.25, 0.3) is 0 Å². The molecule has 0 spiro atoms. The molecule has 4 rings (SSSR count). The first kappa shape index (κ1) is 21.1. The SMILES string of the molecule is O=C1OCC(CN2CCC(Cc3cc(F)ccc3Br)CC2)CN1C1CCCCC1. The van der Waals surface area contributed by atoms with Gasteiger partial charge in [0.2, 0.25) is 0 Å². The maximum atomic E-state index is 13.5. The Labute approximate surface area is 181 Å². The number of rotatable bonds is 5. The van der Waals surface area contributed by atoms with Gasteiger partial charge in [-0.1, -0.05) is 35.2 Å². The molecule has 4 nitrogen and oxygen atoms in total. The van der Waals surface area contributed by atoms with Crippen molar-refractivity contribution in [3.63, 3.8) is 0 Å². The molecule has 0 radical (unpaired) electrons. The number of hydrogen-bond acceptors (Lipinski definition) is 3. The van der Waals surface area contributed by atoms with Gasteiger partial charge in [0, 0.05) is 29.5 Å². The van der Waals surface area contributed by atoms with Crippen molar-refractivity contribution < 1.29 is 13.9 Å². The number of cyclic esters (lactones) is 1. The molecule has 0 bridgehead atoms. The number of hydrogen-bond donors (Lipinski definition) is 0. The van der Waals surface area contributed by atoms with E-state index < -0.39 is 0 Å². The number of piperidine rings is 1. The van der Waals surface area contributed by atoms with Crippen molar-refractivity contribution in [2.24, 2.45) is 11.8 Å². The molecular formula is C23H32BrFN2O2. The first-order valence-corrected chi connectivity index (χ1v) is 12.0. The largest absolute Gasteiger partial charge is 0.449 e. The minimum Gasteiger partial charge on any atom is -0.449 e. The lowest BCUT2D eigenvalue weighted by Gasteiger charge is -2.41. The molecule has 1 atom stereocenters. The van der Waals surface area contributed by atoms with Crippen LogP contribution in [0.3, 0.4) is 0 Å². The quantitative estimate of drug-likeness (QED) is 0.594. The van der Waals surface area contributed by atoms with Crippen LogP contribution in [0.15, 0.2) is 22.7 Å². The molecule has 1 aromatic carbocycles. The van der Waals surface area contributed by atoms with Crippen molar-refractivity contribution in [3.8, 4) is 0 Å². The van der Waals surface area contributed by atoms with Gasteiger partial charge in [-0.3, -0.25) is 0 Å². The fraction of sp³-hybridized carbons (Fsp3) is 0.696. The summed E-state index contributed by atoms with van der Waals surface area (Å²) in [5.74, 6) is 0.853. The van der Waals surface area contributed by atoms with E-state index in [0.717, 1.165) is 68.3 Å². The molecule has 6 heteroatoms. The molecule has 160 valence electrons. The minimum absolute atomic E-state index is 0.104. The summed E-state index contributed by atoms with van der Waals surface area (Å²) in [6.07, 6.45) is 9.12. The summed E-state index contributed by atoms with van der Waals surface area (Å²) < 4.78 is 20.1. The van der Waals surface area contributed by atoms with Gasteiger partial charge in [0.1, 0.15) is 5.82 Å². The van der Waals surface area contributed by atoms with Gasteiger partial charge >= 0.3 is 6.09 Å². The average Bonchev–Trinajstić information content (AvgIpc) is 2.74. The highest BCUT2D eigenvalue weighted by molar-refractivity contribution is 9.10. The smallest absolute Gasteiger partial charge is 0.410 e. The molecule has 0 aromatic heterocycles. The van der Waals surface area contributed by atoms with Crippen LogP contribution >= 0.6 is 15.9 Å². The van der Waals surface area contributed by atoms with Crippen LogP contribution in [0.2, 0.25) is 0 Å². The second kappa shape index (κ2) is 9.78. The van der Waals surface area contributed by atoms with Crippen LogP contribution in [-0.4, -0.2) is 54.7 Å². The Morgan fingerprint density at radius 1 is 1.07 bits per heavy atom. The Morgan fingerprint density at radius 2 is 1.83 bits per heavy atom. The number of amides is 1. The molecule has 1 aliphatic carbocycles. The Kier molecular flexibility index (Phi) is 7.12. The standard InChI is InChI=1S/C23H32BrFN2O2/c24-22-7-6-20(25)13-19(22)12-17-8-10-26(11-9-17)14-18-15-27(23(28)29-16-18)21-4-2-1-3-5-21/h6-7,13,17-18,21H,1-5,8-12,14-16H2. The van der Waals surface area contributed by atoms with Gasteiger partial charge in [0.15, 0.2) is 0 Å². The maximum Gasteiger partial charge on any atom is 0.410 e. The van der Waals surface area contributed by atoms with Crippen LogP contribution in [0, 0.1) is 17.7 Å². The van der Waals surface area contributed by atoms with Crippen LogP contribution < -0.4 is 0 Å². The predicted octanol–water partition coefficient (Wildman–Crippen LogP) is 5.24. The fourth-order valence-electron chi connectivity index (χ4n) is 5.23. The minimum atomic E-state index is -0.157. The summed E-state index contributed by atoms with van der Waals surface area (Å²) in [5, 5.41) is 0. The highest BCUT2D eigenvalue weighted by Gasteiger charge is 2.34. The van der Waals surface area contributed by atoms with Crippen molar-refractivity contribution in [2.45, 2.75) is 57.4 Å². The number of carbonyl (C=O) groups is 1. The number of ether oxygens (including phenoxy) is 1. The first-order valence-electron chi connectivity index (χ1n) is 11.2. The molecule has 2 heterocycles. The monoisotopic (exact) mass is 466 g/mol. The zero-order valence-corrected chi connectivity index (χ0v) is 18.7. The normalized spacial score (nSPS) is 25.2. The summed E-state index contributed by atoms with van der Waals surface area (Å²) >= 11 is 3.55. The number of carbonyl (C=O) groups excluding carboxylic acids is 1. The zero-order chi connectivity index (χ0) is 20.2. The highest BCUT2D eigenvalue weighted by Crippen LogP contribution is 2.29. The van der Waals surface area contributed by atoms with Crippen LogP contribution in [0.4, 0.5) is 9.18 Å². The van der Waals surface area contributed by atoms with E-state index in [9.17, 15) is 9.18 Å². The van der Waals surface area contributed by atoms with Gasteiger partial charge in [-0.25, -0.2) is 9.18 Å². The molecule has 1 aromatic rings. The number of halogens is 2. The van der Waals surface area contributed by atoms with E-state index >= 15 is 0 Å². The molecule has 1 unspecified atom stereocenters. The van der Waals surface area contributed by atoms with E-state index in [1.165, 1.54) is 25.3 Å². The predicted molar refractivity (Wildman–Crippen MR) is 115 cm³/mol. The van der Waals surface area contributed by atoms with Crippen LogP contribution in [0.5, 0.6) is 0 Å². The summed E-state index contributed by atoms with van der Waals surface area (Å²) in [7, 11) is 0. The van der Waals surface area contributed by atoms with Gasteiger partial charge < -0.3 is 14.5 Å². The second-order valence-electron chi connectivity index (χ2n) is 9.07. The van der Waals surface area contributed by atoms with E-state index in [2.05, 4.69) is 20.8 Å². The van der Waals surface area contributed by atoms with Crippen molar-refractivity contribution in [2.75, 3.05) is 32.8 Å². The topological polar surface area (TPSA) is 32.8 Å². The summed E-state index contributed by atoms with van der Waals surface area (Å²) in [4.78, 5) is 16.8. The average molecular weight is 467 g/mol. The third-order valence-corrected chi connectivity index (χ3v) is 7.66. The summed E-state index contributed by atoms with van der Waals surface area (Å²) in [5.41, 5.74) is 1.07. The fourth-order valence-corrected chi connectivity index (χ4v) is 5.64. The van der Waals surface area contributed by atoms with Crippen molar-refractivity contribution in [3.05, 3.63) is 34.1 Å². The molecule has 2 saturated heterocycles. The molecular weight excluding hydrogens is 435 g/mol. The summed E-state index contributed by atoms with van der Waals surface area (Å²) in [6.45, 7) is 4.56. The molecule has 1 saturated carbocycles. The Morgan fingerprint density at radius 3 is 2.59 bits per heavy atom. The number of likely N-dealkylation sites (tertiary alicyclic amines) is 1. The van der Waals surface area contributed by atoms with Crippen molar-refractivity contribution in [1.29, 1.82) is 0 Å². The molecule has 2 aliphatic heterocycles. The summed E-state index contributed by atoms with van der Waals surface area (Å²) in [6, 6.07) is 5.35. The molecule has 3 aliphatic rings. The molecule has 1 amide bonds. The Hall–Kier alpha value is -1.14.